The molecule has 0 bridgehead atoms. The minimum atomic E-state index is -0.276. The maximum Gasteiger partial charge on any atom is 0.226 e. The quantitative estimate of drug-likeness (QED) is 0.593. The van der Waals surface area contributed by atoms with E-state index in [1.165, 1.54) is 23.5 Å². The first-order valence-electron chi connectivity index (χ1n) is 6.11. The van der Waals surface area contributed by atoms with E-state index in [0.29, 0.717) is 10.1 Å². The third-order valence-electron chi connectivity index (χ3n) is 2.56. The number of benzene rings is 1. The van der Waals surface area contributed by atoms with Gasteiger partial charge in [-0.1, -0.05) is 17.4 Å². The Hall–Kier alpha value is -2.67. The summed E-state index contributed by atoms with van der Waals surface area (Å²) in [6, 6.07) is 11.7. The second kappa shape index (κ2) is 6.19. The van der Waals surface area contributed by atoms with Crippen molar-refractivity contribution < 1.29 is 4.39 Å². The lowest BCUT2D eigenvalue weighted by Crippen LogP contribution is -1.91. The number of pyridine rings is 1. The van der Waals surface area contributed by atoms with Gasteiger partial charge in [-0.05, 0) is 36.4 Å². The zero-order chi connectivity index (χ0) is 14.5. The molecule has 0 aliphatic carbocycles. The highest BCUT2D eigenvalue weighted by Crippen LogP contribution is 2.26. The lowest BCUT2D eigenvalue weighted by atomic mass is 10.2. The molecule has 3 rings (SSSR count). The van der Waals surface area contributed by atoms with Gasteiger partial charge < -0.3 is 0 Å². The highest BCUT2D eigenvalue weighted by atomic mass is 32.1. The van der Waals surface area contributed by atoms with Crippen molar-refractivity contribution in [3.8, 4) is 10.6 Å². The van der Waals surface area contributed by atoms with Crippen molar-refractivity contribution in [2.75, 3.05) is 5.43 Å². The minimum Gasteiger partial charge on any atom is -0.255 e. The molecular formula is C14H10FN5S. The number of hydrogen-bond acceptors (Lipinski definition) is 6. The van der Waals surface area contributed by atoms with Crippen LogP contribution in [-0.4, -0.2) is 21.4 Å². The van der Waals surface area contributed by atoms with E-state index in [4.69, 9.17) is 0 Å². The van der Waals surface area contributed by atoms with Gasteiger partial charge in [-0.2, -0.15) is 5.10 Å². The van der Waals surface area contributed by atoms with Crippen LogP contribution in [0, 0.1) is 5.82 Å². The fraction of sp³-hybridized carbons (Fsp3) is 0. The molecule has 0 fully saturated rings. The number of nitrogens with zero attached hydrogens (tertiary/aromatic N) is 4. The number of hydrazone groups is 1. The van der Waals surface area contributed by atoms with Gasteiger partial charge in [0.1, 0.15) is 10.8 Å². The number of rotatable bonds is 4. The largest absolute Gasteiger partial charge is 0.255 e. The predicted molar refractivity (Wildman–Crippen MR) is 80.8 cm³/mol. The van der Waals surface area contributed by atoms with Gasteiger partial charge in [-0.3, -0.25) is 10.4 Å². The summed E-state index contributed by atoms with van der Waals surface area (Å²) >= 11 is 1.34. The van der Waals surface area contributed by atoms with E-state index in [1.807, 2.05) is 18.2 Å². The first-order valence-corrected chi connectivity index (χ1v) is 6.92. The van der Waals surface area contributed by atoms with Crippen molar-refractivity contribution in [1.29, 1.82) is 0 Å². The zero-order valence-corrected chi connectivity index (χ0v) is 11.6. The summed E-state index contributed by atoms with van der Waals surface area (Å²) in [5.41, 5.74) is 4.35. The van der Waals surface area contributed by atoms with Crippen LogP contribution < -0.4 is 5.43 Å². The van der Waals surface area contributed by atoms with Crippen LogP contribution in [-0.2, 0) is 0 Å². The number of nitrogens with one attached hydrogen (secondary N) is 1. The van der Waals surface area contributed by atoms with Crippen LogP contribution in [0.25, 0.3) is 10.6 Å². The van der Waals surface area contributed by atoms with Crippen molar-refractivity contribution in [2.24, 2.45) is 5.10 Å². The summed E-state index contributed by atoms with van der Waals surface area (Å²) in [5.74, 6) is -0.276. The van der Waals surface area contributed by atoms with Gasteiger partial charge in [0.2, 0.25) is 5.13 Å². The molecule has 0 atom stereocenters. The summed E-state index contributed by atoms with van der Waals surface area (Å²) in [7, 11) is 0. The molecule has 0 aliphatic rings. The fourth-order valence-electron chi connectivity index (χ4n) is 1.58. The monoisotopic (exact) mass is 299 g/mol. The molecule has 0 unspecified atom stereocenters. The van der Waals surface area contributed by atoms with Crippen molar-refractivity contribution in [3.05, 3.63) is 60.2 Å². The molecule has 1 N–H and O–H groups in total. The van der Waals surface area contributed by atoms with Crippen LogP contribution in [0.15, 0.2) is 53.8 Å². The fourth-order valence-corrected chi connectivity index (χ4v) is 2.28. The maximum atomic E-state index is 12.9. The Balaban J connectivity index is 1.68. The first-order chi connectivity index (χ1) is 10.3. The third-order valence-corrected chi connectivity index (χ3v) is 3.44. The lowest BCUT2D eigenvalue weighted by molar-refractivity contribution is 0.628. The third kappa shape index (κ3) is 3.46. The topological polar surface area (TPSA) is 63.1 Å². The summed E-state index contributed by atoms with van der Waals surface area (Å²) in [5, 5.41) is 13.3. The van der Waals surface area contributed by atoms with Crippen molar-refractivity contribution in [2.45, 2.75) is 0 Å². The molecule has 7 heteroatoms. The number of anilines is 1. The normalized spacial score (nSPS) is 10.9. The second-order valence-electron chi connectivity index (χ2n) is 4.04. The molecule has 5 nitrogen and oxygen atoms in total. The van der Waals surface area contributed by atoms with Gasteiger partial charge in [0.25, 0.3) is 0 Å². The molecule has 0 amide bonds. The van der Waals surface area contributed by atoms with E-state index in [-0.39, 0.29) is 5.82 Å². The van der Waals surface area contributed by atoms with E-state index in [9.17, 15) is 4.39 Å². The standard InChI is InChI=1S/C14H10FN5S/c15-11-6-4-10(5-7-11)13-18-20-14(21-13)19-17-9-12-3-1-2-8-16-12/h1-9H,(H,19,20)/b17-9+. The van der Waals surface area contributed by atoms with Gasteiger partial charge in [-0.25, -0.2) is 4.39 Å². The molecule has 2 aromatic heterocycles. The smallest absolute Gasteiger partial charge is 0.226 e. The van der Waals surface area contributed by atoms with E-state index < -0.39 is 0 Å². The van der Waals surface area contributed by atoms with Gasteiger partial charge in [0.05, 0.1) is 11.9 Å². The number of hydrogen-bond donors (Lipinski definition) is 1. The Kier molecular flexibility index (Phi) is 3.92. The van der Waals surface area contributed by atoms with E-state index in [0.717, 1.165) is 11.3 Å². The van der Waals surface area contributed by atoms with Crippen LogP contribution in [0.2, 0.25) is 0 Å². The Morgan fingerprint density at radius 2 is 1.95 bits per heavy atom. The van der Waals surface area contributed by atoms with Crippen molar-refractivity contribution >= 4 is 22.7 Å². The molecule has 2 heterocycles. The van der Waals surface area contributed by atoms with Crippen LogP contribution in [0.5, 0.6) is 0 Å². The van der Waals surface area contributed by atoms with E-state index in [1.54, 1.807) is 24.5 Å². The Morgan fingerprint density at radius 1 is 1.10 bits per heavy atom. The first kappa shape index (κ1) is 13.3. The summed E-state index contributed by atoms with van der Waals surface area (Å²) in [4.78, 5) is 4.11. The molecule has 3 aromatic rings. The van der Waals surface area contributed by atoms with Crippen LogP contribution >= 0.6 is 11.3 Å². The average Bonchev–Trinajstić information content (AvgIpc) is 2.98. The predicted octanol–water partition coefficient (Wildman–Crippen LogP) is 3.19. The summed E-state index contributed by atoms with van der Waals surface area (Å²) < 4.78 is 12.9. The molecule has 1 aromatic carbocycles. The molecule has 104 valence electrons. The van der Waals surface area contributed by atoms with E-state index in [2.05, 4.69) is 25.7 Å². The zero-order valence-electron chi connectivity index (χ0n) is 10.8. The van der Waals surface area contributed by atoms with Gasteiger partial charge >= 0.3 is 0 Å². The summed E-state index contributed by atoms with van der Waals surface area (Å²) in [6.45, 7) is 0. The van der Waals surface area contributed by atoms with Gasteiger partial charge in [-0.15, -0.1) is 10.2 Å². The SMILES string of the molecule is Fc1ccc(-c2nnc(N/N=C/c3ccccn3)s2)cc1. The molecule has 0 radical (unpaired) electrons. The molecule has 0 saturated carbocycles. The molecule has 0 aliphatic heterocycles. The van der Waals surface area contributed by atoms with Gasteiger partial charge in [0, 0.05) is 11.8 Å². The highest BCUT2D eigenvalue weighted by molar-refractivity contribution is 7.18. The lowest BCUT2D eigenvalue weighted by Gasteiger charge is -1.94. The Labute approximate surface area is 124 Å². The Bertz CT molecular complexity index is 740. The van der Waals surface area contributed by atoms with Crippen molar-refractivity contribution in [1.82, 2.24) is 15.2 Å². The highest BCUT2D eigenvalue weighted by Gasteiger charge is 2.05. The molecular weight excluding hydrogens is 289 g/mol. The van der Waals surface area contributed by atoms with Crippen molar-refractivity contribution in [3.63, 3.8) is 0 Å². The van der Waals surface area contributed by atoms with E-state index >= 15 is 0 Å². The second-order valence-corrected chi connectivity index (χ2v) is 5.02. The van der Waals surface area contributed by atoms with Crippen LogP contribution in [0.3, 0.4) is 0 Å². The number of halogens is 1. The number of aromatic nitrogens is 3. The average molecular weight is 299 g/mol. The van der Waals surface area contributed by atoms with Crippen LogP contribution in [0.1, 0.15) is 5.69 Å². The Morgan fingerprint density at radius 3 is 2.71 bits per heavy atom. The maximum absolute atomic E-state index is 12.9. The molecule has 0 saturated heterocycles. The molecule has 21 heavy (non-hydrogen) atoms. The molecule has 0 spiro atoms. The minimum absolute atomic E-state index is 0.276. The summed E-state index contributed by atoms with van der Waals surface area (Å²) in [6.07, 6.45) is 3.29. The van der Waals surface area contributed by atoms with Gasteiger partial charge in [0.15, 0.2) is 0 Å². The van der Waals surface area contributed by atoms with Crippen LogP contribution in [0.4, 0.5) is 9.52 Å².